The van der Waals surface area contributed by atoms with Crippen LogP contribution in [-0.4, -0.2) is 11.7 Å². The van der Waals surface area contributed by atoms with E-state index < -0.39 is 0 Å². The summed E-state index contributed by atoms with van der Waals surface area (Å²) < 4.78 is 5.64. The predicted molar refractivity (Wildman–Crippen MR) is 67.4 cm³/mol. The number of benzene rings is 2. The van der Waals surface area contributed by atoms with Crippen molar-refractivity contribution < 1.29 is 9.84 Å². The van der Waals surface area contributed by atoms with Crippen LogP contribution in [0.4, 0.5) is 0 Å². The van der Waals surface area contributed by atoms with E-state index in [1.54, 1.807) is 6.07 Å². The van der Waals surface area contributed by atoms with Gasteiger partial charge in [0.2, 0.25) is 0 Å². The lowest BCUT2D eigenvalue weighted by molar-refractivity contribution is 0.288. The maximum atomic E-state index is 9.83. The van der Waals surface area contributed by atoms with Crippen LogP contribution in [0.3, 0.4) is 0 Å². The highest BCUT2D eigenvalue weighted by Gasteiger charge is 2.12. The van der Waals surface area contributed by atoms with Crippen LogP contribution in [0.2, 0.25) is 0 Å². The van der Waals surface area contributed by atoms with Crippen molar-refractivity contribution in [1.29, 1.82) is 0 Å². The third kappa shape index (κ3) is 1.86. The highest BCUT2D eigenvalue weighted by molar-refractivity contribution is 5.71. The number of phenols is 1. The van der Waals surface area contributed by atoms with Gasteiger partial charge in [0.15, 0.2) is 0 Å². The molecule has 0 aromatic heterocycles. The summed E-state index contributed by atoms with van der Waals surface area (Å²) in [5.74, 6) is 1.26. The van der Waals surface area contributed by atoms with E-state index >= 15 is 0 Å². The van der Waals surface area contributed by atoms with Crippen LogP contribution in [0.5, 0.6) is 11.5 Å². The van der Waals surface area contributed by atoms with Crippen molar-refractivity contribution in [3.05, 3.63) is 48.0 Å². The van der Waals surface area contributed by atoms with Gasteiger partial charge in [-0.15, -0.1) is 0 Å². The van der Waals surface area contributed by atoms with Gasteiger partial charge in [-0.3, -0.25) is 0 Å². The molecule has 0 amide bonds. The molecule has 3 rings (SSSR count). The van der Waals surface area contributed by atoms with Gasteiger partial charge < -0.3 is 9.84 Å². The molecule has 0 radical (unpaired) electrons. The minimum atomic E-state index is 0.309. The molecule has 17 heavy (non-hydrogen) atoms. The quantitative estimate of drug-likeness (QED) is 0.807. The molecule has 0 saturated heterocycles. The first kappa shape index (κ1) is 10.2. The molecule has 0 saturated carbocycles. The Morgan fingerprint density at radius 1 is 1.06 bits per heavy atom. The Kier molecular flexibility index (Phi) is 2.48. The second-order valence-electron chi connectivity index (χ2n) is 4.29. The smallest absolute Gasteiger partial charge is 0.123 e. The fraction of sp³-hybridized carbons (Fsp3) is 0.200. The summed E-state index contributed by atoms with van der Waals surface area (Å²) in [6, 6.07) is 13.5. The third-order valence-corrected chi connectivity index (χ3v) is 3.13. The average molecular weight is 226 g/mol. The molecule has 1 heterocycles. The Hall–Kier alpha value is -1.96. The Labute approximate surface area is 100 Å². The number of aryl methyl sites for hydroxylation is 1. The summed E-state index contributed by atoms with van der Waals surface area (Å²) in [6.07, 6.45) is 2.17. The van der Waals surface area contributed by atoms with E-state index in [1.165, 1.54) is 5.56 Å². The lowest BCUT2D eigenvalue weighted by atomic mass is 9.99. The van der Waals surface area contributed by atoms with Gasteiger partial charge in [0.1, 0.15) is 11.5 Å². The largest absolute Gasteiger partial charge is 0.507 e. The fourth-order valence-corrected chi connectivity index (χ4v) is 2.23. The van der Waals surface area contributed by atoms with Crippen LogP contribution in [0.15, 0.2) is 42.5 Å². The summed E-state index contributed by atoms with van der Waals surface area (Å²) in [7, 11) is 0. The second kappa shape index (κ2) is 4.13. The molecule has 0 bridgehead atoms. The summed E-state index contributed by atoms with van der Waals surface area (Å²) >= 11 is 0. The first-order valence-corrected chi connectivity index (χ1v) is 5.89. The molecule has 2 nitrogen and oxygen atoms in total. The Morgan fingerprint density at radius 2 is 1.94 bits per heavy atom. The molecular weight excluding hydrogens is 212 g/mol. The number of ether oxygens (including phenoxy) is 1. The lowest BCUT2D eigenvalue weighted by Gasteiger charge is -2.18. The summed E-state index contributed by atoms with van der Waals surface area (Å²) in [5, 5.41) is 9.83. The van der Waals surface area contributed by atoms with Crippen molar-refractivity contribution in [2.75, 3.05) is 6.61 Å². The number of para-hydroxylation sites is 1. The minimum absolute atomic E-state index is 0.309. The maximum Gasteiger partial charge on any atom is 0.123 e. The number of hydrogen-bond acceptors (Lipinski definition) is 2. The van der Waals surface area contributed by atoms with E-state index in [2.05, 4.69) is 6.07 Å². The Balaban J connectivity index is 2.07. The van der Waals surface area contributed by atoms with Gasteiger partial charge in [-0.2, -0.15) is 0 Å². The van der Waals surface area contributed by atoms with E-state index in [9.17, 15) is 5.11 Å². The van der Waals surface area contributed by atoms with Crippen LogP contribution in [-0.2, 0) is 6.42 Å². The summed E-state index contributed by atoms with van der Waals surface area (Å²) in [5.41, 5.74) is 3.11. The zero-order valence-corrected chi connectivity index (χ0v) is 9.52. The number of hydrogen-bond donors (Lipinski definition) is 1. The van der Waals surface area contributed by atoms with E-state index in [0.717, 1.165) is 36.3 Å². The van der Waals surface area contributed by atoms with E-state index in [4.69, 9.17) is 4.74 Å². The average Bonchev–Trinajstić information content (AvgIpc) is 2.39. The van der Waals surface area contributed by atoms with Crippen LogP contribution in [0, 0.1) is 0 Å². The minimum Gasteiger partial charge on any atom is -0.507 e. The van der Waals surface area contributed by atoms with Gasteiger partial charge in [-0.05, 0) is 36.1 Å². The lowest BCUT2D eigenvalue weighted by Crippen LogP contribution is -2.07. The molecule has 86 valence electrons. The van der Waals surface area contributed by atoms with Gasteiger partial charge in [0.05, 0.1) is 6.61 Å². The molecular formula is C15H14O2. The number of aromatic hydroxyl groups is 1. The monoisotopic (exact) mass is 226 g/mol. The SMILES string of the molecule is Oc1ccccc1-c1ccc2c(c1)OCCC2. The second-order valence-corrected chi connectivity index (χ2v) is 4.29. The molecule has 0 atom stereocenters. The van der Waals surface area contributed by atoms with Crippen molar-refractivity contribution in [2.24, 2.45) is 0 Å². The van der Waals surface area contributed by atoms with Gasteiger partial charge in [0.25, 0.3) is 0 Å². The van der Waals surface area contributed by atoms with Gasteiger partial charge in [0, 0.05) is 5.56 Å². The van der Waals surface area contributed by atoms with Crippen molar-refractivity contribution in [2.45, 2.75) is 12.8 Å². The molecule has 2 heteroatoms. The number of phenolic OH excluding ortho intramolecular Hbond substituents is 1. The van der Waals surface area contributed by atoms with E-state index in [-0.39, 0.29) is 0 Å². The zero-order chi connectivity index (χ0) is 11.7. The van der Waals surface area contributed by atoms with E-state index in [1.807, 2.05) is 30.3 Å². The zero-order valence-electron chi connectivity index (χ0n) is 9.52. The van der Waals surface area contributed by atoms with Crippen LogP contribution in [0.1, 0.15) is 12.0 Å². The van der Waals surface area contributed by atoms with Gasteiger partial charge >= 0.3 is 0 Å². The Bertz CT molecular complexity index is 546. The van der Waals surface area contributed by atoms with E-state index in [0.29, 0.717) is 5.75 Å². The fourth-order valence-electron chi connectivity index (χ4n) is 2.23. The maximum absolute atomic E-state index is 9.83. The highest BCUT2D eigenvalue weighted by atomic mass is 16.5. The molecule has 2 aromatic carbocycles. The first-order valence-electron chi connectivity index (χ1n) is 5.89. The predicted octanol–water partition coefficient (Wildman–Crippen LogP) is 3.38. The summed E-state index contributed by atoms with van der Waals surface area (Å²) in [6.45, 7) is 0.789. The van der Waals surface area contributed by atoms with Crippen molar-refractivity contribution in [3.63, 3.8) is 0 Å². The number of fused-ring (bicyclic) bond motifs is 1. The molecule has 1 N–H and O–H groups in total. The molecule has 0 unspecified atom stereocenters. The molecule has 1 aliphatic rings. The van der Waals surface area contributed by atoms with Crippen molar-refractivity contribution >= 4 is 0 Å². The number of rotatable bonds is 1. The van der Waals surface area contributed by atoms with Crippen LogP contribution >= 0.6 is 0 Å². The van der Waals surface area contributed by atoms with Gasteiger partial charge in [-0.1, -0.05) is 30.3 Å². The molecule has 0 aliphatic carbocycles. The summed E-state index contributed by atoms with van der Waals surface area (Å²) in [4.78, 5) is 0. The molecule has 1 aliphatic heterocycles. The third-order valence-electron chi connectivity index (χ3n) is 3.13. The highest BCUT2D eigenvalue weighted by Crippen LogP contribution is 2.34. The van der Waals surface area contributed by atoms with Crippen molar-refractivity contribution in [3.8, 4) is 22.6 Å². The van der Waals surface area contributed by atoms with Crippen molar-refractivity contribution in [1.82, 2.24) is 0 Å². The van der Waals surface area contributed by atoms with Crippen LogP contribution in [0.25, 0.3) is 11.1 Å². The Morgan fingerprint density at radius 3 is 2.82 bits per heavy atom. The van der Waals surface area contributed by atoms with Gasteiger partial charge in [-0.25, -0.2) is 0 Å². The topological polar surface area (TPSA) is 29.5 Å². The standard InChI is InChI=1S/C15H14O2/c16-14-6-2-1-5-13(14)12-8-7-11-4-3-9-17-15(11)10-12/h1-2,5-8,10,16H,3-4,9H2. The first-order chi connectivity index (χ1) is 8.34. The normalized spacial score (nSPS) is 13.9. The van der Waals surface area contributed by atoms with Crippen LogP contribution < -0.4 is 4.74 Å². The molecule has 2 aromatic rings. The molecule has 0 spiro atoms. The molecule has 0 fully saturated rings.